The molecule has 0 aliphatic rings. The van der Waals surface area contributed by atoms with Gasteiger partial charge in [-0.15, -0.1) is 0 Å². The minimum absolute atomic E-state index is 0.0290. The SMILES string of the molecule is O=Cc1ccc(CC(O)C(=O)c2ccc(CO)o2)o1. The Labute approximate surface area is 108 Å². The highest BCUT2D eigenvalue weighted by Gasteiger charge is 2.22. The Morgan fingerprint density at radius 3 is 2.53 bits per heavy atom. The van der Waals surface area contributed by atoms with E-state index in [9.17, 15) is 14.7 Å². The molecule has 0 aliphatic heterocycles. The van der Waals surface area contributed by atoms with E-state index in [1.807, 2.05) is 0 Å². The van der Waals surface area contributed by atoms with Crippen molar-refractivity contribution in [2.45, 2.75) is 19.1 Å². The van der Waals surface area contributed by atoms with Crippen LogP contribution in [0.15, 0.2) is 33.1 Å². The fraction of sp³-hybridized carbons (Fsp3) is 0.231. The van der Waals surface area contributed by atoms with Gasteiger partial charge in [0, 0.05) is 6.42 Å². The molecule has 1 atom stereocenters. The van der Waals surface area contributed by atoms with E-state index in [2.05, 4.69) is 0 Å². The minimum atomic E-state index is -1.33. The quantitative estimate of drug-likeness (QED) is 0.595. The maximum absolute atomic E-state index is 11.8. The molecular formula is C13H12O6. The van der Waals surface area contributed by atoms with Crippen LogP contribution >= 0.6 is 0 Å². The van der Waals surface area contributed by atoms with Crippen LogP contribution in [0.25, 0.3) is 0 Å². The topological polar surface area (TPSA) is 101 Å². The Morgan fingerprint density at radius 2 is 1.95 bits per heavy atom. The molecule has 0 saturated heterocycles. The van der Waals surface area contributed by atoms with Gasteiger partial charge in [-0.05, 0) is 24.3 Å². The average molecular weight is 264 g/mol. The second-order valence-electron chi connectivity index (χ2n) is 3.93. The first kappa shape index (κ1) is 13.3. The van der Waals surface area contributed by atoms with Gasteiger partial charge in [-0.3, -0.25) is 9.59 Å². The smallest absolute Gasteiger partial charge is 0.226 e. The summed E-state index contributed by atoms with van der Waals surface area (Å²) in [6, 6.07) is 5.81. The van der Waals surface area contributed by atoms with Crippen LogP contribution in [0.5, 0.6) is 0 Å². The first-order chi connectivity index (χ1) is 9.13. The van der Waals surface area contributed by atoms with Gasteiger partial charge < -0.3 is 19.0 Å². The number of carbonyl (C=O) groups excluding carboxylic acids is 2. The molecule has 1 unspecified atom stereocenters. The summed E-state index contributed by atoms with van der Waals surface area (Å²) in [5.41, 5.74) is 0. The standard InChI is InChI=1S/C13H12O6/c14-6-9-2-1-8(18-9)5-11(16)13(17)12-4-3-10(7-15)19-12/h1-4,6,11,15-16H,5,7H2. The van der Waals surface area contributed by atoms with Gasteiger partial charge >= 0.3 is 0 Å². The van der Waals surface area contributed by atoms with Gasteiger partial charge in [-0.25, -0.2) is 0 Å². The zero-order valence-corrected chi connectivity index (χ0v) is 9.91. The third-order valence-electron chi connectivity index (χ3n) is 2.56. The van der Waals surface area contributed by atoms with E-state index in [4.69, 9.17) is 13.9 Å². The lowest BCUT2D eigenvalue weighted by molar-refractivity contribution is 0.0703. The van der Waals surface area contributed by atoms with E-state index >= 15 is 0 Å². The molecule has 0 fully saturated rings. The minimum Gasteiger partial charge on any atom is -0.458 e. The fourth-order valence-electron chi connectivity index (χ4n) is 1.61. The van der Waals surface area contributed by atoms with Crippen LogP contribution in [-0.4, -0.2) is 28.4 Å². The molecule has 0 radical (unpaired) electrons. The lowest BCUT2D eigenvalue weighted by Gasteiger charge is -2.05. The maximum Gasteiger partial charge on any atom is 0.226 e. The van der Waals surface area contributed by atoms with Gasteiger partial charge in [-0.2, -0.15) is 0 Å². The van der Waals surface area contributed by atoms with Crippen molar-refractivity contribution in [1.82, 2.24) is 0 Å². The molecule has 2 N–H and O–H groups in total. The Morgan fingerprint density at radius 1 is 1.21 bits per heavy atom. The third-order valence-corrected chi connectivity index (χ3v) is 2.56. The van der Waals surface area contributed by atoms with E-state index in [0.29, 0.717) is 12.0 Å². The van der Waals surface area contributed by atoms with Crippen LogP contribution in [-0.2, 0) is 13.0 Å². The zero-order chi connectivity index (χ0) is 13.8. The van der Waals surface area contributed by atoms with Crippen molar-refractivity contribution in [1.29, 1.82) is 0 Å². The van der Waals surface area contributed by atoms with Gasteiger partial charge in [-0.1, -0.05) is 0 Å². The number of carbonyl (C=O) groups is 2. The molecule has 2 aromatic rings. The molecule has 0 amide bonds. The molecule has 0 aliphatic carbocycles. The number of hydrogen-bond acceptors (Lipinski definition) is 6. The summed E-state index contributed by atoms with van der Waals surface area (Å²) < 4.78 is 10.1. The molecule has 19 heavy (non-hydrogen) atoms. The van der Waals surface area contributed by atoms with Crippen molar-refractivity contribution >= 4 is 12.1 Å². The van der Waals surface area contributed by atoms with Crippen LogP contribution in [0.1, 0.15) is 32.6 Å². The summed E-state index contributed by atoms with van der Waals surface area (Å²) in [6.07, 6.45) is -0.845. The first-order valence-corrected chi connectivity index (χ1v) is 5.59. The van der Waals surface area contributed by atoms with Crippen molar-refractivity contribution in [3.63, 3.8) is 0 Å². The molecule has 6 nitrogen and oxygen atoms in total. The first-order valence-electron chi connectivity index (χ1n) is 5.59. The summed E-state index contributed by atoms with van der Waals surface area (Å²) >= 11 is 0. The Bertz CT molecular complexity index is 579. The summed E-state index contributed by atoms with van der Waals surface area (Å²) in [7, 11) is 0. The van der Waals surface area contributed by atoms with E-state index in [0.717, 1.165) is 0 Å². The summed E-state index contributed by atoms with van der Waals surface area (Å²) in [5, 5.41) is 18.6. The second kappa shape index (κ2) is 5.64. The molecular weight excluding hydrogens is 252 g/mol. The molecule has 0 spiro atoms. The van der Waals surface area contributed by atoms with Crippen LogP contribution in [0, 0.1) is 0 Å². The lowest BCUT2D eigenvalue weighted by Crippen LogP contribution is -2.22. The normalized spacial score (nSPS) is 12.3. The van der Waals surface area contributed by atoms with Crippen LogP contribution in [0.3, 0.4) is 0 Å². The van der Waals surface area contributed by atoms with Gasteiger partial charge in [0.05, 0.1) is 0 Å². The summed E-state index contributed by atoms with van der Waals surface area (Å²) in [6.45, 7) is -0.315. The van der Waals surface area contributed by atoms with Crippen molar-refractivity contribution in [2.75, 3.05) is 0 Å². The van der Waals surface area contributed by atoms with Gasteiger partial charge in [0.25, 0.3) is 0 Å². The number of hydrogen-bond donors (Lipinski definition) is 2. The average Bonchev–Trinajstić information content (AvgIpc) is 3.06. The van der Waals surface area contributed by atoms with Gasteiger partial charge in [0.1, 0.15) is 24.2 Å². The molecule has 100 valence electrons. The van der Waals surface area contributed by atoms with Crippen LogP contribution in [0.4, 0.5) is 0 Å². The number of rotatable bonds is 6. The fourth-order valence-corrected chi connectivity index (χ4v) is 1.61. The van der Waals surface area contributed by atoms with Crippen LogP contribution < -0.4 is 0 Å². The van der Waals surface area contributed by atoms with E-state index < -0.39 is 11.9 Å². The van der Waals surface area contributed by atoms with Crippen molar-refractivity contribution < 1.29 is 28.6 Å². The van der Waals surface area contributed by atoms with E-state index in [-0.39, 0.29) is 30.3 Å². The third kappa shape index (κ3) is 2.98. The highest BCUT2D eigenvalue weighted by atomic mass is 16.4. The molecule has 0 aromatic carbocycles. The largest absolute Gasteiger partial charge is 0.458 e. The number of aliphatic hydroxyl groups excluding tert-OH is 2. The number of aliphatic hydroxyl groups is 2. The Hall–Kier alpha value is -2.18. The van der Waals surface area contributed by atoms with Crippen molar-refractivity contribution in [3.8, 4) is 0 Å². The van der Waals surface area contributed by atoms with E-state index in [1.165, 1.54) is 24.3 Å². The lowest BCUT2D eigenvalue weighted by atomic mass is 10.1. The van der Waals surface area contributed by atoms with Crippen molar-refractivity contribution in [3.05, 3.63) is 47.3 Å². The summed E-state index contributed by atoms with van der Waals surface area (Å²) in [5.74, 6) is 0.0753. The summed E-state index contributed by atoms with van der Waals surface area (Å²) in [4.78, 5) is 22.3. The number of Topliss-reactive ketones (excluding diaryl/α,β-unsaturated/α-hetero) is 1. The molecule has 6 heteroatoms. The van der Waals surface area contributed by atoms with E-state index in [1.54, 1.807) is 0 Å². The maximum atomic E-state index is 11.8. The Kier molecular flexibility index (Phi) is 3.94. The van der Waals surface area contributed by atoms with Crippen LogP contribution in [0.2, 0.25) is 0 Å². The molecule has 2 aromatic heterocycles. The predicted molar refractivity (Wildman–Crippen MR) is 62.8 cm³/mol. The van der Waals surface area contributed by atoms with Gasteiger partial charge in [0.15, 0.2) is 17.8 Å². The predicted octanol–water partition coefficient (Wildman–Crippen LogP) is 0.964. The number of ketones is 1. The number of furan rings is 2. The monoisotopic (exact) mass is 264 g/mol. The van der Waals surface area contributed by atoms with Crippen molar-refractivity contribution in [2.24, 2.45) is 0 Å². The van der Waals surface area contributed by atoms with Gasteiger partial charge in [0.2, 0.25) is 5.78 Å². The second-order valence-corrected chi connectivity index (χ2v) is 3.93. The number of aldehydes is 1. The zero-order valence-electron chi connectivity index (χ0n) is 9.91. The molecule has 2 heterocycles. The molecule has 2 rings (SSSR count). The highest BCUT2D eigenvalue weighted by molar-refractivity contribution is 5.97. The highest BCUT2D eigenvalue weighted by Crippen LogP contribution is 2.14. The molecule has 0 bridgehead atoms. The molecule has 0 saturated carbocycles. The Balaban J connectivity index is 2.04.